The fourth-order valence-electron chi connectivity index (χ4n) is 3.73. The van der Waals surface area contributed by atoms with Crippen LogP contribution in [0.25, 0.3) is 0 Å². The van der Waals surface area contributed by atoms with Crippen LogP contribution >= 0.6 is 11.8 Å². The highest BCUT2D eigenvalue weighted by atomic mass is 32.2. The molecule has 32 heavy (non-hydrogen) atoms. The second-order valence-corrected chi connectivity index (χ2v) is 8.90. The summed E-state index contributed by atoms with van der Waals surface area (Å²) in [7, 11) is 0. The number of nitrogen functional groups attached to an aromatic ring is 1. The van der Waals surface area contributed by atoms with Gasteiger partial charge in [0.15, 0.2) is 5.82 Å². The molecule has 3 aromatic rings. The first-order valence-electron chi connectivity index (χ1n) is 10.7. The van der Waals surface area contributed by atoms with E-state index in [1.807, 2.05) is 50.2 Å². The van der Waals surface area contributed by atoms with Gasteiger partial charge in [-0.05, 0) is 74.2 Å². The molecule has 0 radical (unpaired) electrons. The summed E-state index contributed by atoms with van der Waals surface area (Å²) in [5.41, 5.74) is 4.22. The Hall–Kier alpha value is -3.20. The molecule has 3 N–H and O–H groups in total. The molecule has 2 heterocycles. The lowest BCUT2D eigenvalue weighted by molar-refractivity contribution is -0.113. The molecular weight excluding hydrogens is 424 g/mol. The first kappa shape index (κ1) is 22.0. The summed E-state index contributed by atoms with van der Waals surface area (Å²) in [5, 5.41) is 11.5. The molecule has 1 fully saturated rings. The molecule has 0 atom stereocenters. The molecule has 1 saturated heterocycles. The van der Waals surface area contributed by atoms with Crippen LogP contribution in [-0.2, 0) is 11.4 Å². The third-order valence-electron chi connectivity index (χ3n) is 5.25. The third-order valence-corrected chi connectivity index (χ3v) is 6.20. The molecule has 0 aliphatic carbocycles. The van der Waals surface area contributed by atoms with E-state index in [2.05, 4.69) is 26.5 Å². The van der Waals surface area contributed by atoms with E-state index in [1.165, 1.54) is 35.0 Å². The van der Waals surface area contributed by atoms with Crippen LogP contribution in [0.2, 0.25) is 0 Å². The van der Waals surface area contributed by atoms with Gasteiger partial charge in [0.1, 0.15) is 12.4 Å². The number of nitrogens with zero attached hydrogens (tertiary/aromatic N) is 4. The van der Waals surface area contributed by atoms with E-state index >= 15 is 0 Å². The molecule has 8 nitrogen and oxygen atoms in total. The van der Waals surface area contributed by atoms with Gasteiger partial charge in [-0.1, -0.05) is 17.8 Å². The van der Waals surface area contributed by atoms with Crippen LogP contribution in [0.5, 0.6) is 5.75 Å². The van der Waals surface area contributed by atoms with Crippen molar-refractivity contribution in [1.29, 1.82) is 0 Å². The molecule has 0 unspecified atom stereocenters. The van der Waals surface area contributed by atoms with Crippen molar-refractivity contribution < 1.29 is 9.53 Å². The van der Waals surface area contributed by atoms with E-state index in [-0.39, 0.29) is 18.3 Å². The zero-order valence-corrected chi connectivity index (χ0v) is 19.2. The Bertz CT molecular complexity index is 1060. The Kier molecular flexibility index (Phi) is 6.84. The summed E-state index contributed by atoms with van der Waals surface area (Å²) in [6.45, 7) is 6.43. The Balaban J connectivity index is 1.27. The van der Waals surface area contributed by atoms with Gasteiger partial charge in [-0.25, -0.2) is 4.68 Å². The van der Waals surface area contributed by atoms with Crippen molar-refractivity contribution >= 4 is 29.0 Å². The Morgan fingerprint density at radius 1 is 1.09 bits per heavy atom. The molecule has 9 heteroatoms. The normalized spacial score (nSPS) is 13.4. The summed E-state index contributed by atoms with van der Waals surface area (Å²) in [6.07, 6.45) is 2.47. The van der Waals surface area contributed by atoms with Crippen LogP contribution in [0, 0.1) is 13.8 Å². The number of carbonyl (C=O) groups excluding carboxylic acids is 1. The lowest BCUT2D eigenvalue weighted by Gasteiger charge is -2.17. The molecule has 1 aromatic heterocycles. The molecule has 1 amide bonds. The number of hydrogen-bond acceptors (Lipinski definition) is 7. The number of aryl methyl sites for hydroxylation is 2. The zero-order chi connectivity index (χ0) is 22.5. The van der Waals surface area contributed by atoms with Crippen LogP contribution in [0.15, 0.2) is 47.6 Å². The number of nitrogens with one attached hydrogen (secondary N) is 1. The number of amides is 1. The van der Waals surface area contributed by atoms with Gasteiger partial charge in [-0.15, -0.1) is 10.2 Å². The highest BCUT2D eigenvalue weighted by Gasteiger charge is 2.14. The summed E-state index contributed by atoms with van der Waals surface area (Å²) in [4.78, 5) is 14.7. The quantitative estimate of drug-likeness (QED) is 0.399. The molecule has 1 aliphatic rings. The van der Waals surface area contributed by atoms with Gasteiger partial charge in [0.2, 0.25) is 11.1 Å². The lowest BCUT2D eigenvalue weighted by Crippen LogP contribution is -2.18. The zero-order valence-electron chi connectivity index (χ0n) is 18.4. The van der Waals surface area contributed by atoms with Crippen LogP contribution in [0.3, 0.4) is 0 Å². The predicted molar refractivity (Wildman–Crippen MR) is 128 cm³/mol. The number of carbonyl (C=O) groups is 1. The van der Waals surface area contributed by atoms with Crippen molar-refractivity contribution in [3.63, 3.8) is 0 Å². The number of aromatic nitrogens is 3. The molecule has 4 rings (SSSR count). The van der Waals surface area contributed by atoms with Crippen LogP contribution in [0.4, 0.5) is 11.4 Å². The molecule has 0 bridgehead atoms. The summed E-state index contributed by atoms with van der Waals surface area (Å²) in [6, 6.07) is 14.0. The Morgan fingerprint density at radius 2 is 1.78 bits per heavy atom. The maximum absolute atomic E-state index is 12.4. The molecular formula is C23H28N6O2S. The standard InChI is InChI=1S/C23H28N6O2S/c1-16-11-17(2)13-20(12-16)31-14-21-26-27-23(29(21)24)32-15-22(30)25-18-5-7-19(8-6-18)28-9-3-4-10-28/h5-8,11-13H,3-4,9-10,14-15,24H2,1-2H3,(H,25,30). The summed E-state index contributed by atoms with van der Waals surface area (Å²) in [5.74, 6) is 7.40. The van der Waals surface area contributed by atoms with Gasteiger partial charge in [-0.3, -0.25) is 4.79 Å². The van der Waals surface area contributed by atoms with E-state index in [9.17, 15) is 4.79 Å². The van der Waals surface area contributed by atoms with Crippen molar-refractivity contribution in [2.45, 2.75) is 38.5 Å². The Morgan fingerprint density at radius 3 is 2.47 bits per heavy atom. The minimum absolute atomic E-state index is 0.125. The number of nitrogens with two attached hydrogens (primary N) is 1. The average Bonchev–Trinajstić information content (AvgIpc) is 3.41. The van der Waals surface area contributed by atoms with Crippen LogP contribution in [0.1, 0.15) is 29.8 Å². The van der Waals surface area contributed by atoms with Gasteiger partial charge >= 0.3 is 0 Å². The second kappa shape index (κ2) is 9.95. The summed E-state index contributed by atoms with van der Waals surface area (Å²) < 4.78 is 7.17. The number of anilines is 2. The van der Waals surface area contributed by atoms with Crippen molar-refractivity contribution in [1.82, 2.24) is 14.9 Å². The number of rotatable bonds is 8. The average molecular weight is 453 g/mol. The largest absolute Gasteiger partial charge is 0.486 e. The number of hydrogen-bond donors (Lipinski definition) is 2. The van der Waals surface area contributed by atoms with Crippen molar-refractivity contribution in [2.24, 2.45) is 0 Å². The lowest BCUT2D eigenvalue weighted by atomic mass is 10.1. The molecule has 2 aromatic carbocycles. The fraction of sp³-hybridized carbons (Fsp3) is 0.348. The van der Waals surface area contributed by atoms with Gasteiger partial charge in [0.05, 0.1) is 5.75 Å². The van der Waals surface area contributed by atoms with Crippen molar-refractivity contribution in [3.05, 3.63) is 59.4 Å². The van der Waals surface area contributed by atoms with Gasteiger partial charge in [-0.2, -0.15) is 0 Å². The molecule has 168 valence electrons. The first-order chi connectivity index (χ1) is 15.5. The van der Waals surface area contributed by atoms with Gasteiger partial charge in [0.25, 0.3) is 0 Å². The topological polar surface area (TPSA) is 98.3 Å². The van der Waals surface area contributed by atoms with Crippen LogP contribution < -0.4 is 20.8 Å². The highest BCUT2D eigenvalue weighted by Crippen LogP contribution is 2.23. The maximum atomic E-state index is 12.4. The maximum Gasteiger partial charge on any atom is 0.234 e. The van der Waals surface area contributed by atoms with Gasteiger partial charge in [0, 0.05) is 24.5 Å². The number of benzene rings is 2. The minimum atomic E-state index is -0.125. The second-order valence-electron chi connectivity index (χ2n) is 7.96. The number of ether oxygens (including phenoxy) is 1. The fourth-order valence-corrected chi connectivity index (χ4v) is 4.40. The first-order valence-corrected chi connectivity index (χ1v) is 11.6. The number of thioether (sulfide) groups is 1. The van der Waals surface area contributed by atoms with E-state index in [1.54, 1.807) is 0 Å². The molecule has 1 aliphatic heterocycles. The van der Waals surface area contributed by atoms with E-state index in [0.29, 0.717) is 11.0 Å². The monoisotopic (exact) mass is 452 g/mol. The van der Waals surface area contributed by atoms with Crippen molar-refractivity contribution in [2.75, 3.05) is 34.9 Å². The van der Waals surface area contributed by atoms with Crippen molar-refractivity contribution in [3.8, 4) is 5.75 Å². The molecule has 0 spiro atoms. The van der Waals surface area contributed by atoms with E-state index in [0.717, 1.165) is 35.7 Å². The highest BCUT2D eigenvalue weighted by molar-refractivity contribution is 7.99. The third kappa shape index (κ3) is 5.53. The Labute approximate surface area is 192 Å². The van der Waals surface area contributed by atoms with Gasteiger partial charge < -0.3 is 20.8 Å². The minimum Gasteiger partial charge on any atom is -0.486 e. The molecule has 0 saturated carbocycles. The van der Waals surface area contributed by atoms with E-state index < -0.39 is 0 Å². The van der Waals surface area contributed by atoms with Crippen LogP contribution in [-0.4, -0.2) is 39.6 Å². The SMILES string of the molecule is Cc1cc(C)cc(OCc2nnc(SCC(=O)Nc3ccc(N4CCCC4)cc3)n2N)c1. The smallest absolute Gasteiger partial charge is 0.234 e. The predicted octanol–water partition coefficient (Wildman–Crippen LogP) is 3.52. The van der Waals surface area contributed by atoms with E-state index in [4.69, 9.17) is 10.6 Å². The summed E-state index contributed by atoms with van der Waals surface area (Å²) >= 11 is 1.23.